The summed E-state index contributed by atoms with van der Waals surface area (Å²) in [6.07, 6.45) is 1.76. The molecule has 4 nitrogen and oxygen atoms in total. The Kier molecular flexibility index (Phi) is 3.98. The van der Waals surface area contributed by atoms with Gasteiger partial charge < -0.3 is 13.6 Å². The van der Waals surface area contributed by atoms with E-state index in [1.54, 1.807) is 13.4 Å². The molecule has 0 saturated carbocycles. The number of methoxy groups -OCH3 is 1. The van der Waals surface area contributed by atoms with Crippen molar-refractivity contribution in [1.29, 1.82) is 0 Å². The molecule has 3 aromatic carbocycles. The first-order chi connectivity index (χ1) is 14.2. The fourth-order valence-electron chi connectivity index (χ4n) is 3.82. The van der Waals surface area contributed by atoms with Gasteiger partial charge in [0.05, 0.1) is 13.4 Å². The summed E-state index contributed by atoms with van der Waals surface area (Å²) in [7, 11) is 1.63. The van der Waals surface area contributed by atoms with E-state index in [9.17, 15) is 4.79 Å². The Morgan fingerprint density at radius 3 is 2.21 bits per heavy atom. The molecule has 4 heteroatoms. The molecule has 0 amide bonds. The maximum atomic E-state index is 12.3. The van der Waals surface area contributed by atoms with Crippen LogP contribution in [0.4, 0.5) is 0 Å². The van der Waals surface area contributed by atoms with Gasteiger partial charge in [-0.25, -0.2) is 4.79 Å². The molecule has 0 N–H and O–H groups in total. The standard InChI is InChI=1S/C25H18O4/c1-15-24-21(22(14-28-24)16-6-4-3-5-7-16)12-20-19(13-23(26)29-25(15)20)17-8-10-18(27-2)11-9-17/h3-14H,1-2H3. The van der Waals surface area contributed by atoms with E-state index in [1.165, 1.54) is 6.07 Å². The average Bonchev–Trinajstić information content (AvgIpc) is 3.19. The van der Waals surface area contributed by atoms with Gasteiger partial charge in [0.1, 0.15) is 16.9 Å². The van der Waals surface area contributed by atoms with Crippen LogP contribution in [0.15, 0.2) is 86.6 Å². The Hall–Kier alpha value is -3.79. The van der Waals surface area contributed by atoms with Gasteiger partial charge in [-0.15, -0.1) is 0 Å². The molecule has 2 aromatic heterocycles. The third-order valence-electron chi connectivity index (χ3n) is 5.28. The maximum Gasteiger partial charge on any atom is 0.336 e. The number of ether oxygens (including phenoxy) is 1. The molecule has 142 valence electrons. The van der Waals surface area contributed by atoms with Crippen molar-refractivity contribution >= 4 is 21.9 Å². The highest BCUT2D eigenvalue weighted by Crippen LogP contribution is 2.39. The molecule has 0 bridgehead atoms. The number of furan rings is 1. The fourth-order valence-corrected chi connectivity index (χ4v) is 3.82. The highest BCUT2D eigenvalue weighted by atomic mass is 16.5. The van der Waals surface area contributed by atoms with E-state index < -0.39 is 0 Å². The molecule has 0 fully saturated rings. The minimum Gasteiger partial charge on any atom is -0.497 e. The lowest BCUT2D eigenvalue weighted by Gasteiger charge is -2.09. The van der Waals surface area contributed by atoms with E-state index >= 15 is 0 Å². The molecule has 0 atom stereocenters. The van der Waals surface area contributed by atoms with Crippen LogP contribution in [0.1, 0.15) is 5.56 Å². The van der Waals surface area contributed by atoms with Crippen molar-refractivity contribution in [2.45, 2.75) is 6.92 Å². The fraction of sp³-hybridized carbons (Fsp3) is 0.0800. The number of hydrogen-bond donors (Lipinski definition) is 0. The molecule has 0 aliphatic heterocycles. The van der Waals surface area contributed by atoms with E-state index in [1.807, 2.05) is 55.5 Å². The van der Waals surface area contributed by atoms with Crippen LogP contribution < -0.4 is 10.4 Å². The molecule has 29 heavy (non-hydrogen) atoms. The van der Waals surface area contributed by atoms with Crippen molar-refractivity contribution in [2.24, 2.45) is 0 Å². The number of aryl methyl sites for hydroxylation is 1. The Morgan fingerprint density at radius 2 is 1.48 bits per heavy atom. The van der Waals surface area contributed by atoms with Gasteiger partial charge in [-0.2, -0.15) is 0 Å². The van der Waals surface area contributed by atoms with Crippen molar-refractivity contribution in [3.63, 3.8) is 0 Å². The molecule has 0 aliphatic rings. The first-order valence-corrected chi connectivity index (χ1v) is 9.34. The zero-order valence-electron chi connectivity index (χ0n) is 16.1. The second-order valence-electron chi connectivity index (χ2n) is 6.98. The Bertz CT molecular complexity index is 1390. The van der Waals surface area contributed by atoms with Crippen LogP contribution in [-0.4, -0.2) is 7.11 Å². The smallest absolute Gasteiger partial charge is 0.336 e. The molecule has 0 unspecified atom stereocenters. The second-order valence-corrected chi connectivity index (χ2v) is 6.98. The third-order valence-corrected chi connectivity index (χ3v) is 5.28. The lowest BCUT2D eigenvalue weighted by Crippen LogP contribution is -1.99. The summed E-state index contributed by atoms with van der Waals surface area (Å²) < 4.78 is 16.7. The van der Waals surface area contributed by atoms with Gasteiger partial charge in [-0.05, 0) is 41.8 Å². The zero-order valence-corrected chi connectivity index (χ0v) is 16.1. The first kappa shape index (κ1) is 17.3. The van der Waals surface area contributed by atoms with Crippen LogP contribution in [0.25, 0.3) is 44.2 Å². The normalized spacial score (nSPS) is 11.2. The van der Waals surface area contributed by atoms with Crippen molar-refractivity contribution in [3.05, 3.63) is 89.0 Å². The molecule has 5 rings (SSSR count). The van der Waals surface area contributed by atoms with Gasteiger partial charge in [-0.1, -0.05) is 42.5 Å². The van der Waals surface area contributed by atoms with E-state index in [4.69, 9.17) is 13.6 Å². The largest absolute Gasteiger partial charge is 0.497 e. The van der Waals surface area contributed by atoms with Gasteiger partial charge in [0.25, 0.3) is 0 Å². The SMILES string of the molecule is COc1ccc(-c2cc(=O)oc3c(C)c4occ(-c5ccccc5)c4cc23)cc1. The molecule has 2 heterocycles. The van der Waals surface area contributed by atoms with Crippen molar-refractivity contribution < 1.29 is 13.6 Å². The number of rotatable bonds is 3. The first-order valence-electron chi connectivity index (χ1n) is 9.34. The Labute approximate surface area is 167 Å². The molecular formula is C25H18O4. The predicted molar refractivity (Wildman–Crippen MR) is 114 cm³/mol. The molecule has 0 spiro atoms. The monoisotopic (exact) mass is 382 g/mol. The second kappa shape index (κ2) is 6.67. The Morgan fingerprint density at radius 1 is 0.793 bits per heavy atom. The lowest BCUT2D eigenvalue weighted by atomic mass is 9.96. The molecule has 0 saturated heterocycles. The highest BCUT2D eigenvalue weighted by Gasteiger charge is 2.17. The summed E-state index contributed by atoms with van der Waals surface area (Å²) in [5.41, 5.74) is 5.53. The zero-order chi connectivity index (χ0) is 20.0. The van der Waals surface area contributed by atoms with Crippen LogP contribution in [0.2, 0.25) is 0 Å². The van der Waals surface area contributed by atoms with Crippen molar-refractivity contribution in [2.75, 3.05) is 7.11 Å². The quantitative estimate of drug-likeness (QED) is 0.349. The summed E-state index contributed by atoms with van der Waals surface area (Å²) >= 11 is 0. The topological polar surface area (TPSA) is 52.6 Å². The van der Waals surface area contributed by atoms with Crippen molar-refractivity contribution in [3.8, 4) is 28.0 Å². The lowest BCUT2D eigenvalue weighted by molar-refractivity contribution is 0.415. The van der Waals surface area contributed by atoms with Crippen LogP contribution in [0.3, 0.4) is 0 Å². The van der Waals surface area contributed by atoms with Gasteiger partial charge in [-0.3, -0.25) is 0 Å². The van der Waals surface area contributed by atoms with Crippen LogP contribution >= 0.6 is 0 Å². The van der Waals surface area contributed by atoms with E-state index in [0.29, 0.717) is 5.58 Å². The van der Waals surface area contributed by atoms with Crippen LogP contribution in [0.5, 0.6) is 5.75 Å². The molecule has 0 radical (unpaired) electrons. The number of hydrogen-bond acceptors (Lipinski definition) is 4. The summed E-state index contributed by atoms with van der Waals surface area (Å²) in [5, 5.41) is 1.86. The molecular weight excluding hydrogens is 364 g/mol. The molecule has 0 aliphatic carbocycles. The van der Waals surface area contributed by atoms with Crippen molar-refractivity contribution in [1.82, 2.24) is 0 Å². The Balaban J connectivity index is 1.84. The maximum absolute atomic E-state index is 12.3. The summed E-state index contributed by atoms with van der Waals surface area (Å²) in [6, 6.07) is 21.3. The predicted octanol–water partition coefficient (Wildman–Crippen LogP) is 6.19. The molecule has 5 aromatic rings. The average molecular weight is 382 g/mol. The minimum atomic E-state index is -0.388. The highest BCUT2D eigenvalue weighted by molar-refractivity contribution is 6.08. The van der Waals surface area contributed by atoms with Gasteiger partial charge in [0.2, 0.25) is 0 Å². The third kappa shape index (κ3) is 2.81. The minimum absolute atomic E-state index is 0.388. The van der Waals surface area contributed by atoms with E-state index in [2.05, 4.69) is 12.1 Å². The van der Waals surface area contributed by atoms with Gasteiger partial charge >= 0.3 is 5.63 Å². The number of benzene rings is 3. The summed E-state index contributed by atoms with van der Waals surface area (Å²) in [6.45, 7) is 1.92. The van der Waals surface area contributed by atoms with E-state index in [-0.39, 0.29) is 5.63 Å². The van der Waals surface area contributed by atoms with Gasteiger partial charge in [0.15, 0.2) is 0 Å². The van der Waals surface area contributed by atoms with E-state index in [0.717, 1.165) is 49.9 Å². The van der Waals surface area contributed by atoms with Crippen LogP contribution in [-0.2, 0) is 0 Å². The number of fused-ring (bicyclic) bond motifs is 2. The van der Waals surface area contributed by atoms with Crippen LogP contribution in [0, 0.1) is 6.92 Å². The van der Waals surface area contributed by atoms with Gasteiger partial charge in [0, 0.05) is 28.0 Å². The summed E-state index contributed by atoms with van der Waals surface area (Å²) in [4.78, 5) is 12.3. The summed E-state index contributed by atoms with van der Waals surface area (Å²) in [5.74, 6) is 0.765.